The van der Waals surface area contributed by atoms with E-state index in [1.807, 2.05) is 60.4 Å². The Labute approximate surface area is 196 Å². The average Bonchev–Trinajstić information content (AvgIpc) is 3.45. The molecular formula is C26H21N3O3S. The van der Waals surface area contributed by atoms with Gasteiger partial charge in [0, 0.05) is 17.4 Å². The van der Waals surface area contributed by atoms with Crippen molar-refractivity contribution in [2.24, 2.45) is 0 Å². The predicted octanol–water partition coefficient (Wildman–Crippen LogP) is 5.53. The summed E-state index contributed by atoms with van der Waals surface area (Å²) in [5, 5.41) is 13.6. The minimum absolute atomic E-state index is 0.190. The van der Waals surface area contributed by atoms with Crippen molar-refractivity contribution < 1.29 is 14.3 Å². The maximum atomic E-state index is 11.7. The quantitative estimate of drug-likeness (QED) is 0.383. The summed E-state index contributed by atoms with van der Waals surface area (Å²) in [5.41, 5.74) is 3.64. The minimum atomic E-state index is -1.00. The second-order valence-electron chi connectivity index (χ2n) is 7.88. The highest BCUT2D eigenvalue weighted by atomic mass is 32.1. The smallest absolute Gasteiger partial charge is 0.336 e. The third kappa shape index (κ3) is 3.87. The molecule has 4 aromatic rings. The average molecular weight is 456 g/mol. The van der Waals surface area contributed by atoms with Gasteiger partial charge in [-0.05, 0) is 61.6 Å². The molecule has 1 fully saturated rings. The lowest BCUT2D eigenvalue weighted by Gasteiger charge is -2.26. The van der Waals surface area contributed by atoms with Crippen molar-refractivity contribution in [1.29, 1.82) is 0 Å². The number of nitrogens with one attached hydrogen (secondary N) is 1. The van der Waals surface area contributed by atoms with Crippen LogP contribution in [0.4, 0.5) is 5.69 Å². The molecule has 6 nitrogen and oxygen atoms in total. The zero-order valence-corrected chi connectivity index (χ0v) is 18.6. The van der Waals surface area contributed by atoms with Gasteiger partial charge in [-0.1, -0.05) is 42.0 Å². The molecule has 1 aliphatic heterocycles. The van der Waals surface area contributed by atoms with Gasteiger partial charge in [0.15, 0.2) is 5.11 Å². The largest absolute Gasteiger partial charge is 0.478 e. The van der Waals surface area contributed by atoms with Crippen LogP contribution in [-0.4, -0.2) is 21.2 Å². The number of pyridine rings is 1. The van der Waals surface area contributed by atoms with E-state index in [4.69, 9.17) is 16.6 Å². The second-order valence-corrected chi connectivity index (χ2v) is 8.27. The number of furan rings is 1. The van der Waals surface area contributed by atoms with E-state index in [9.17, 15) is 9.90 Å². The van der Waals surface area contributed by atoms with Crippen LogP contribution >= 0.6 is 12.2 Å². The number of hydrogen-bond donors (Lipinski definition) is 2. The molecule has 7 heteroatoms. The van der Waals surface area contributed by atoms with Crippen LogP contribution < -0.4 is 10.2 Å². The molecule has 2 aromatic heterocycles. The fourth-order valence-electron chi connectivity index (χ4n) is 4.17. The van der Waals surface area contributed by atoms with Gasteiger partial charge in [-0.25, -0.2) is 4.79 Å². The van der Waals surface area contributed by atoms with Crippen molar-refractivity contribution in [2.75, 3.05) is 4.90 Å². The Morgan fingerprint density at radius 1 is 1.03 bits per heavy atom. The molecule has 0 amide bonds. The molecule has 0 spiro atoms. The molecule has 0 saturated carbocycles. The molecule has 3 heterocycles. The van der Waals surface area contributed by atoms with Gasteiger partial charge in [-0.2, -0.15) is 0 Å². The van der Waals surface area contributed by atoms with E-state index in [-0.39, 0.29) is 17.6 Å². The first-order valence-corrected chi connectivity index (χ1v) is 10.9. The van der Waals surface area contributed by atoms with Gasteiger partial charge in [0.05, 0.1) is 17.3 Å². The summed E-state index contributed by atoms with van der Waals surface area (Å²) in [5.74, 6) is 0.151. The topological polar surface area (TPSA) is 78.6 Å². The van der Waals surface area contributed by atoms with E-state index in [1.54, 1.807) is 36.5 Å². The molecule has 33 heavy (non-hydrogen) atoms. The van der Waals surface area contributed by atoms with Crippen molar-refractivity contribution >= 4 is 29.0 Å². The van der Waals surface area contributed by atoms with Crippen molar-refractivity contribution in [2.45, 2.75) is 19.0 Å². The van der Waals surface area contributed by atoms with E-state index in [0.717, 1.165) is 16.9 Å². The number of nitrogens with zero attached hydrogens (tertiary/aromatic N) is 2. The fourth-order valence-corrected chi connectivity index (χ4v) is 4.51. The Kier molecular flexibility index (Phi) is 5.40. The van der Waals surface area contributed by atoms with E-state index >= 15 is 0 Å². The minimum Gasteiger partial charge on any atom is -0.478 e. The first-order valence-electron chi connectivity index (χ1n) is 10.5. The van der Waals surface area contributed by atoms with Gasteiger partial charge in [0.25, 0.3) is 0 Å². The Balaban J connectivity index is 1.61. The van der Waals surface area contributed by atoms with Crippen LogP contribution in [0.25, 0.3) is 11.3 Å². The van der Waals surface area contributed by atoms with Crippen molar-refractivity contribution in [1.82, 2.24) is 10.3 Å². The molecular weight excluding hydrogens is 434 g/mol. The number of carbonyl (C=O) groups is 1. The number of rotatable bonds is 5. The third-order valence-electron chi connectivity index (χ3n) is 5.75. The lowest BCUT2D eigenvalue weighted by molar-refractivity contribution is 0.0697. The summed E-state index contributed by atoms with van der Waals surface area (Å²) >= 11 is 5.73. The number of aryl methyl sites for hydroxylation is 1. The summed E-state index contributed by atoms with van der Waals surface area (Å²) in [7, 11) is 0. The summed E-state index contributed by atoms with van der Waals surface area (Å²) in [4.78, 5) is 18.3. The van der Waals surface area contributed by atoms with E-state index in [1.165, 1.54) is 0 Å². The summed E-state index contributed by atoms with van der Waals surface area (Å²) in [6.45, 7) is 2.04. The highest BCUT2D eigenvalue weighted by Gasteiger charge is 2.42. The van der Waals surface area contributed by atoms with E-state index in [0.29, 0.717) is 22.2 Å². The second kappa shape index (κ2) is 8.52. The maximum absolute atomic E-state index is 11.7. The zero-order chi connectivity index (χ0) is 22.9. The van der Waals surface area contributed by atoms with Gasteiger partial charge >= 0.3 is 5.97 Å². The summed E-state index contributed by atoms with van der Waals surface area (Å²) in [6.07, 6.45) is 1.75. The molecule has 2 aromatic carbocycles. The Bertz CT molecular complexity index is 1320. The van der Waals surface area contributed by atoms with Crippen LogP contribution in [-0.2, 0) is 0 Å². The highest BCUT2D eigenvalue weighted by molar-refractivity contribution is 7.80. The standard InChI is InChI=1S/C26H21N3O3S/c1-16-9-11-17(12-10-16)29-24(23(28-26(29)33)20-8-4-5-15-27-20)22-14-13-21(32-22)18-6-2-3-7-19(18)25(30)31/h2-15,23-24H,1H3,(H,28,33)(H,30,31)/t23-,24+/m0/s1. The molecule has 1 aliphatic rings. The number of aromatic carboxylic acids is 1. The number of anilines is 1. The van der Waals surface area contributed by atoms with Gasteiger partial charge < -0.3 is 19.7 Å². The molecule has 164 valence electrons. The Morgan fingerprint density at radius 2 is 1.79 bits per heavy atom. The lowest BCUT2D eigenvalue weighted by Crippen LogP contribution is -2.29. The van der Waals surface area contributed by atoms with Crippen LogP contribution in [0.1, 0.15) is 39.5 Å². The van der Waals surface area contributed by atoms with E-state index < -0.39 is 5.97 Å². The lowest BCUT2D eigenvalue weighted by atomic mass is 10.0. The predicted molar refractivity (Wildman–Crippen MR) is 130 cm³/mol. The van der Waals surface area contributed by atoms with Crippen LogP contribution in [0.15, 0.2) is 89.5 Å². The number of carboxylic acids is 1. The summed E-state index contributed by atoms with van der Waals surface area (Å²) < 4.78 is 6.29. The summed E-state index contributed by atoms with van der Waals surface area (Å²) in [6, 6.07) is 23.9. The van der Waals surface area contributed by atoms with Crippen LogP contribution in [0.2, 0.25) is 0 Å². The third-order valence-corrected chi connectivity index (χ3v) is 6.07. The maximum Gasteiger partial charge on any atom is 0.336 e. The molecule has 1 saturated heterocycles. The molecule has 5 rings (SSSR count). The normalized spacial score (nSPS) is 17.7. The number of thiocarbonyl (C=S) groups is 1. The van der Waals surface area contributed by atoms with Crippen molar-refractivity contribution in [3.63, 3.8) is 0 Å². The molecule has 0 radical (unpaired) electrons. The molecule has 2 atom stereocenters. The first kappa shape index (κ1) is 20.9. The SMILES string of the molecule is Cc1ccc(N2C(=S)N[C@@H](c3ccccn3)[C@H]2c2ccc(-c3ccccc3C(=O)O)o2)cc1. The van der Waals surface area contributed by atoms with Gasteiger partial charge in [0.1, 0.15) is 17.6 Å². The number of carboxylic acid groups (broad SMARTS) is 1. The first-order chi connectivity index (χ1) is 16.0. The van der Waals surface area contributed by atoms with E-state index in [2.05, 4.69) is 10.3 Å². The molecule has 0 bridgehead atoms. The van der Waals surface area contributed by atoms with Crippen molar-refractivity contribution in [3.8, 4) is 11.3 Å². The number of benzene rings is 2. The molecule has 2 N–H and O–H groups in total. The van der Waals surface area contributed by atoms with Gasteiger partial charge in [-0.15, -0.1) is 0 Å². The van der Waals surface area contributed by atoms with Crippen LogP contribution in [0.3, 0.4) is 0 Å². The molecule has 0 aliphatic carbocycles. The number of aromatic nitrogens is 1. The molecule has 0 unspecified atom stereocenters. The number of hydrogen-bond acceptors (Lipinski definition) is 4. The van der Waals surface area contributed by atoms with Gasteiger partial charge in [-0.3, -0.25) is 4.98 Å². The van der Waals surface area contributed by atoms with Gasteiger partial charge in [0.2, 0.25) is 0 Å². The van der Waals surface area contributed by atoms with Crippen molar-refractivity contribution in [3.05, 3.63) is 108 Å². The Morgan fingerprint density at radius 3 is 2.52 bits per heavy atom. The Hall–Kier alpha value is -3.97. The fraction of sp³-hybridized carbons (Fsp3) is 0.115. The monoisotopic (exact) mass is 455 g/mol. The van der Waals surface area contributed by atoms with Crippen LogP contribution in [0.5, 0.6) is 0 Å². The zero-order valence-electron chi connectivity index (χ0n) is 17.8. The highest BCUT2D eigenvalue weighted by Crippen LogP contribution is 2.43. The van der Waals surface area contributed by atoms with Crippen LogP contribution in [0, 0.1) is 6.92 Å².